The number of hydrogen-bond acceptors (Lipinski definition) is 5. The van der Waals surface area contributed by atoms with Gasteiger partial charge in [-0.3, -0.25) is 14.2 Å². The molecule has 4 rings (SSSR count). The fraction of sp³-hybridized carbons (Fsp3) is 0.217. The highest BCUT2D eigenvalue weighted by Crippen LogP contribution is 2.24. The smallest absolute Gasteiger partial charge is 0.264 e. The number of amides is 1. The van der Waals surface area contributed by atoms with E-state index >= 15 is 0 Å². The van der Waals surface area contributed by atoms with Gasteiger partial charge in [0.15, 0.2) is 5.65 Å². The second-order valence-electron chi connectivity index (χ2n) is 7.24. The lowest BCUT2D eigenvalue weighted by molar-refractivity contribution is -0.116. The highest BCUT2D eigenvalue weighted by molar-refractivity contribution is 7.98. The number of benzene rings is 2. The van der Waals surface area contributed by atoms with Gasteiger partial charge in [-0.25, -0.2) is 9.67 Å². The Kier molecular flexibility index (Phi) is 5.90. The summed E-state index contributed by atoms with van der Waals surface area (Å²) in [6, 6.07) is 15.5. The first kappa shape index (κ1) is 20.9. The number of aryl methyl sites for hydroxylation is 2. The summed E-state index contributed by atoms with van der Waals surface area (Å²) in [6.07, 6.45) is 3.67. The maximum Gasteiger partial charge on any atom is 0.264 e. The molecule has 7 nitrogen and oxygen atoms in total. The van der Waals surface area contributed by atoms with Gasteiger partial charge in [-0.05, 0) is 44.4 Å². The van der Waals surface area contributed by atoms with Gasteiger partial charge in [0.2, 0.25) is 5.91 Å². The number of para-hydroxylation sites is 1. The normalized spacial score (nSPS) is 11.1. The Balaban J connectivity index is 1.57. The van der Waals surface area contributed by atoms with Gasteiger partial charge in [-0.1, -0.05) is 29.8 Å². The predicted molar refractivity (Wildman–Crippen MR) is 124 cm³/mol. The van der Waals surface area contributed by atoms with Gasteiger partial charge in [0.25, 0.3) is 5.56 Å². The Morgan fingerprint density at radius 1 is 1.10 bits per heavy atom. The molecular formula is C23H23N5O2S. The van der Waals surface area contributed by atoms with Gasteiger partial charge in [0.05, 0.1) is 17.6 Å². The lowest BCUT2D eigenvalue weighted by Gasteiger charge is -2.12. The summed E-state index contributed by atoms with van der Waals surface area (Å²) in [6.45, 7) is 4.03. The number of thioether (sulfide) groups is 1. The van der Waals surface area contributed by atoms with Crippen molar-refractivity contribution in [3.05, 3.63) is 76.5 Å². The predicted octanol–water partition coefficient (Wildman–Crippen LogP) is 3.95. The van der Waals surface area contributed by atoms with E-state index in [9.17, 15) is 9.59 Å². The van der Waals surface area contributed by atoms with Crippen LogP contribution in [0.15, 0.2) is 64.4 Å². The molecule has 0 saturated carbocycles. The summed E-state index contributed by atoms with van der Waals surface area (Å²) in [5, 5.41) is 7.72. The lowest BCUT2D eigenvalue weighted by atomic mass is 10.2. The third-order valence-electron chi connectivity index (χ3n) is 5.10. The van der Waals surface area contributed by atoms with Crippen molar-refractivity contribution < 1.29 is 4.79 Å². The van der Waals surface area contributed by atoms with Crippen LogP contribution in [0.2, 0.25) is 0 Å². The molecule has 1 N–H and O–H groups in total. The number of carbonyl (C=O) groups excluding carboxylic acids is 1. The van der Waals surface area contributed by atoms with Crippen molar-refractivity contribution in [3.63, 3.8) is 0 Å². The molecule has 0 aliphatic carbocycles. The molecular weight excluding hydrogens is 410 g/mol. The molecule has 2 heterocycles. The van der Waals surface area contributed by atoms with Crippen LogP contribution in [0, 0.1) is 13.8 Å². The van der Waals surface area contributed by atoms with Crippen molar-refractivity contribution in [1.82, 2.24) is 19.3 Å². The van der Waals surface area contributed by atoms with Crippen LogP contribution in [0.1, 0.15) is 17.8 Å². The summed E-state index contributed by atoms with van der Waals surface area (Å²) >= 11 is 1.57. The molecule has 0 spiro atoms. The molecule has 158 valence electrons. The van der Waals surface area contributed by atoms with Gasteiger partial charge in [-0.2, -0.15) is 5.10 Å². The van der Waals surface area contributed by atoms with E-state index in [1.165, 1.54) is 10.8 Å². The third kappa shape index (κ3) is 4.25. The zero-order chi connectivity index (χ0) is 22.0. The molecule has 0 saturated heterocycles. The average molecular weight is 434 g/mol. The van der Waals surface area contributed by atoms with Crippen LogP contribution in [0.4, 0.5) is 5.69 Å². The maximum atomic E-state index is 13.1. The van der Waals surface area contributed by atoms with E-state index in [1.54, 1.807) is 23.4 Å². The van der Waals surface area contributed by atoms with Crippen molar-refractivity contribution in [2.24, 2.45) is 0 Å². The largest absolute Gasteiger partial charge is 0.325 e. The molecule has 2 aromatic carbocycles. The molecule has 0 fully saturated rings. The third-order valence-corrected chi connectivity index (χ3v) is 5.90. The fourth-order valence-corrected chi connectivity index (χ4v) is 3.97. The zero-order valence-corrected chi connectivity index (χ0v) is 18.4. The minimum atomic E-state index is -0.196. The Morgan fingerprint density at radius 2 is 1.84 bits per heavy atom. The van der Waals surface area contributed by atoms with E-state index in [4.69, 9.17) is 0 Å². The second kappa shape index (κ2) is 8.77. The topological polar surface area (TPSA) is 81.8 Å². The van der Waals surface area contributed by atoms with Crippen molar-refractivity contribution in [1.29, 1.82) is 0 Å². The van der Waals surface area contributed by atoms with Crippen molar-refractivity contribution in [2.45, 2.75) is 31.7 Å². The van der Waals surface area contributed by atoms with Crippen LogP contribution < -0.4 is 10.9 Å². The number of nitrogens with zero attached hydrogens (tertiary/aromatic N) is 4. The van der Waals surface area contributed by atoms with Crippen LogP contribution >= 0.6 is 11.8 Å². The summed E-state index contributed by atoms with van der Waals surface area (Å²) in [4.78, 5) is 31.1. The molecule has 0 unspecified atom stereocenters. The number of carbonyl (C=O) groups is 1. The van der Waals surface area contributed by atoms with Crippen LogP contribution in [0.3, 0.4) is 0 Å². The molecule has 0 bridgehead atoms. The minimum Gasteiger partial charge on any atom is -0.325 e. The minimum absolute atomic E-state index is 0.150. The van der Waals surface area contributed by atoms with E-state index in [-0.39, 0.29) is 24.4 Å². The van der Waals surface area contributed by atoms with Crippen LogP contribution in [-0.2, 0) is 11.3 Å². The zero-order valence-electron chi connectivity index (χ0n) is 17.6. The average Bonchev–Trinajstić information content (AvgIpc) is 3.18. The molecule has 4 aromatic rings. The highest BCUT2D eigenvalue weighted by atomic mass is 32.2. The maximum absolute atomic E-state index is 13.1. The Morgan fingerprint density at radius 3 is 2.58 bits per heavy atom. The van der Waals surface area contributed by atoms with Crippen LogP contribution in [0.5, 0.6) is 0 Å². The van der Waals surface area contributed by atoms with E-state index in [0.29, 0.717) is 16.9 Å². The molecule has 31 heavy (non-hydrogen) atoms. The molecule has 1 amide bonds. The van der Waals surface area contributed by atoms with Crippen molar-refractivity contribution in [3.8, 4) is 5.69 Å². The van der Waals surface area contributed by atoms with Crippen molar-refractivity contribution in [2.75, 3.05) is 11.6 Å². The van der Waals surface area contributed by atoms with E-state index in [2.05, 4.69) is 15.4 Å². The van der Waals surface area contributed by atoms with Gasteiger partial charge in [0.1, 0.15) is 11.2 Å². The fourth-order valence-electron chi connectivity index (χ4n) is 3.42. The lowest BCUT2D eigenvalue weighted by Crippen LogP contribution is -2.26. The SMILES string of the molecule is CSc1ccccc1NC(=O)CCn1c(C)nc2c(cnn2-c2ccc(C)cc2)c1=O. The Hall–Kier alpha value is -3.39. The van der Waals surface area contributed by atoms with Crippen LogP contribution in [0.25, 0.3) is 16.7 Å². The number of rotatable bonds is 6. The van der Waals surface area contributed by atoms with E-state index < -0.39 is 0 Å². The van der Waals surface area contributed by atoms with E-state index in [1.807, 2.05) is 61.7 Å². The second-order valence-corrected chi connectivity index (χ2v) is 8.09. The number of hydrogen-bond donors (Lipinski definition) is 1. The van der Waals surface area contributed by atoms with Gasteiger partial charge >= 0.3 is 0 Å². The molecule has 2 aromatic heterocycles. The number of nitrogens with one attached hydrogen (secondary N) is 1. The summed E-state index contributed by atoms with van der Waals surface area (Å²) in [5.41, 5.74) is 3.08. The van der Waals surface area contributed by atoms with E-state index in [0.717, 1.165) is 21.8 Å². The first-order chi connectivity index (χ1) is 15.0. The number of anilines is 1. The highest BCUT2D eigenvalue weighted by Gasteiger charge is 2.15. The van der Waals surface area contributed by atoms with Gasteiger partial charge < -0.3 is 5.32 Å². The number of fused-ring (bicyclic) bond motifs is 1. The van der Waals surface area contributed by atoms with Gasteiger partial charge in [0, 0.05) is 17.9 Å². The van der Waals surface area contributed by atoms with Gasteiger partial charge in [-0.15, -0.1) is 11.8 Å². The summed E-state index contributed by atoms with van der Waals surface area (Å²) in [7, 11) is 0. The monoisotopic (exact) mass is 433 g/mol. The van der Waals surface area contributed by atoms with Crippen molar-refractivity contribution >= 4 is 34.4 Å². The standard InChI is InChI=1S/C23H23N5O2S/c1-15-8-10-17(11-9-15)28-22-18(14-24-28)23(30)27(16(2)25-22)13-12-21(29)26-19-6-4-5-7-20(19)31-3/h4-11,14H,12-13H2,1-3H3,(H,26,29). The molecule has 0 atom stereocenters. The Bertz CT molecular complexity index is 1310. The molecule has 0 radical (unpaired) electrons. The first-order valence-electron chi connectivity index (χ1n) is 9.93. The quantitative estimate of drug-likeness (QED) is 0.466. The summed E-state index contributed by atoms with van der Waals surface area (Å²) in [5.74, 6) is 0.395. The Labute approximate surface area is 184 Å². The summed E-state index contributed by atoms with van der Waals surface area (Å²) < 4.78 is 3.20. The van der Waals surface area contributed by atoms with Crippen LogP contribution in [-0.4, -0.2) is 31.5 Å². The molecule has 0 aliphatic heterocycles. The molecule has 8 heteroatoms. The first-order valence-corrected chi connectivity index (χ1v) is 11.2. The number of aromatic nitrogens is 4. The molecule has 0 aliphatic rings.